The molecule has 0 aliphatic heterocycles. The van der Waals surface area contributed by atoms with E-state index in [2.05, 4.69) is 0 Å². The second-order valence-corrected chi connectivity index (χ2v) is 3.99. The number of ether oxygens (including phenoxy) is 1. The van der Waals surface area contributed by atoms with E-state index in [1.807, 2.05) is 13.8 Å². The van der Waals surface area contributed by atoms with Crippen molar-refractivity contribution in [1.29, 1.82) is 0 Å². The second-order valence-electron chi connectivity index (χ2n) is 3.99. The van der Waals surface area contributed by atoms with E-state index in [-0.39, 0.29) is 12.7 Å². The molecule has 90 valence electrons. The topological polar surface area (TPSA) is 70.0 Å². The van der Waals surface area contributed by atoms with Gasteiger partial charge in [0.05, 0.1) is 18.8 Å². The molecule has 2 atom stereocenters. The van der Waals surface area contributed by atoms with Crippen molar-refractivity contribution in [2.45, 2.75) is 39.0 Å². The zero-order valence-corrected chi connectivity index (χ0v) is 9.80. The van der Waals surface area contributed by atoms with Crippen molar-refractivity contribution in [2.24, 2.45) is 0 Å². The first-order chi connectivity index (χ1) is 6.84. The Kier molecular flexibility index (Phi) is 6.47. The summed E-state index contributed by atoms with van der Waals surface area (Å²) in [7, 11) is 1.66. The van der Waals surface area contributed by atoms with Gasteiger partial charge < -0.3 is 14.9 Å². The molecule has 0 spiro atoms. The van der Waals surface area contributed by atoms with Crippen molar-refractivity contribution < 1.29 is 19.7 Å². The van der Waals surface area contributed by atoms with Gasteiger partial charge in [0.1, 0.15) is 6.04 Å². The lowest BCUT2D eigenvalue weighted by molar-refractivity contribution is -0.142. The largest absolute Gasteiger partial charge is 0.480 e. The Morgan fingerprint density at radius 2 is 1.93 bits per heavy atom. The molecule has 2 N–H and O–H groups in total. The Labute approximate surface area is 90.6 Å². The van der Waals surface area contributed by atoms with E-state index in [4.69, 9.17) is 9.84 Å². The number of carboxylic acid groups (broad SMARTS) is 1. The fraction of sp³-hybridized carbons (Fsp3) is 0.900. The number of aliphatic hydroxyl groups excluding tert-OH is 1. The standard InChI is InChI=1S/C10H21NO4/c1-7(2)15-6-9(12)5-11(4)8(3)10(13)14/h7-9,12H,5-6H2,1-4H3,(H,13,14). The summed E-state index contributed by atoms with van der Waals surface area (Å²) in [5.74, 6) is -0.894. The van der Waals surface area contributed by atoms with Crippen LogP contribution in [-0.2, 0) is 9.53 Å². The SMILES string of the molecule is CC(C)OCC(O)CN(C)C(C)C(=O)O. The predicted molar refractivity (Wildman–Crippen MR) is 56.8 cm³/mol. The summed E-state index contributed by atoms with van der Waals surface area (Å²) in [6.45, 7) is 5.87. The van der Waals surface area contributed by atoms with Crippen LogP contribution < -0.4 is 0 Å². The van der Waals surface area contributed by atoms with Gasteiger partial charge in [0.15, 0.2) is 0 Å². The molecule has 0 saturated heterocycles. The van der Waals surface area contributed by atoms with Gasteiger partial charge in [0.25, 0.3) is 0 Å². The lowest BCUT2D eigenvalue weighted by Crippen LogP contribution is -2.41. The molecule has 0 aliphatic rings. The zero-order valence-electron chi connectivity index (χ0n) is 9.80. The number of carboxylic acids is 1. The molecule has 5 heteroatoms. The Bertz CT molecular complexity index is 196. The van der Waals surface area contributed by atoms with Crippen molar-refractivity contribution in [3.63, 3.8) is 0 Å². The van der Waals surface area contributed by atoms with Crippen LogP contribution in [0.2, 0.25) is 0 Å². The lowest BCUT2D eigenvalue weighted by atomic mass is 10.2. The first kappa shape index (κ1) is 14.3. The van der Waals surface area contributed by atoms with Crippen LogP contribution in [0, 0.1) is 0 Å². The summed E-state index contributed by atoms with van der Waals surface area (Å²) < 4.78 is 5.22. The van der Waals surface area contributed by atoms with Gasteiger partial charge in [-0.05, 0) is 27.8 Å². The summed E-state index contributed by atoms with van der Waals surface area (Å²) in [5, 5.41) is 18.3. The van der Waals surface area contributed by atoms with Crippen LogP contribution in [0.25, 0.3) is 0 Å². The first-order valence-electron chi connectivity index (χ1n) is 5.07. The maximum Gasteiger partial charge on any atom is 0.320 e. The molecule has 0 heterocycles. The van der Waals surface area contributed by atoms with Gasteiger partial charge in [-0.15, -0.1) is 0 Å². The van der Waals surface area contributed by atoms with Gasteiger partial charge in [-0.25, -0.2) is 0 Å². The molecule has 0 rings (SSSR count). The van der Waals surface area contributed by atoms with Gasteiger partial charge in [0, 0.05) is 6.54 Å². The minimum Gasteiger partial charge on any atom is -0.480 e. The molecule has 15 heavy (non-hydrogen) atoms. The monoisotopic (exact) mass is 219 g/mol. The maximum atomic E-state index is 10.6. The lowest BCUT2D eigenvalue weighted by Gasteiger charge is -2.24. The van der Waals surface area contributed by atoms with E-state index < -0.39 is 18.1 Å². The molecule has 0 aliphatic carbocycles. The minimum absolute atomic E-state index is 0.0712. The fourth-order valence-electron chi connectivity index (χ4n) is 1.04. The summed E-state index contributed by atoms with van der Waals surface area (Å²) in [4.78, 5) is 12.2. The molecule has 0 aromatic heterocycles. The van der Waals surface area contributed by atoms with E-state index in [1.165, 1.54) is 0 Å². The first-order valence-corrected chi connectivity index (χ1v) is 5.07. The third kappa shape index (κ3) is 6.43. The van der Waals surface area contributed by atoms with Crippen LogP contribution >= 0.6 is 0 Å². The fourth-order valence-corrected chi connectivity index (χ4v) is 1.04. The van der Waals surface area contributed by atoms with Crippen LogP contribution in [0.3, 0.4) is 0 Å². The minimum atomic E-state index is -0.894. The van der Waals surface area contributed by atoms with E-state index >= 15 is 0 Å². The third-order valence-corrected chi connectivity index (χ3v) is 2.14. The number of likely N-dealkylation sites (N-methyl/N-ethyl adjacent to an activating group) is 1. The molecule has 5 nitrogen and oxygen atoms in total. The predicted octanol–water partition coefficient (Wildman–Crippen LogP) is 0.177. The maximum absolute atomic E-state index is 10.6. The average Bonchev–Trinajstić information content (AvgIpc) is 2.13. The van der Waals surface area contributed by atoms with Gasteiger partial charge in [0.2, 0.25) is 0 Å². The number of aliphatic hydroxyl groups is 1. The molecular weight excluding hydrogens is 198 g/mol. The van der Waals surface area contributed by atoms with Crippen molar-refractivity contribution in [1.82, 2.24) is 4.90 Å². The Hall–Kier alpha value is -0.650. The van der Waals surface area contributed by atoms with Gasteiger partial charge >= 0.3 is 5.97 Å². The highest BCUT2D eigenvalue weighted by atomic mass is 16.5. The smallest absolute Gasteiger partial charge is 0.320 e. The number of aliphatic carboxylic acids is 1. The molecule has 2 unspecified atom stereocenters. The summed E-state index contributed by atoms with van der Waals surface area (Å²) in [5.41, 5.74) is 0. The molecular formula is C10H21NO4. The van der Waals surface area contributed by atoms with Crippen LogP contribution in [0.1, 0.15) is 20.8 Å². The van der Waals surface area contributed by atoms with Crippen molar-refractivity contribution in [3.8, 4) is 0 Å². The summed E-state index contributed by atoms with van der Waals surface area (Å²) in [6.07, 6.45) is -0.582. The second kappa shape index (κ2) is 6.76. The van der Waals surface area contributed by atoms with E-state index in [1.54, 1.807) is 18.9 Å². The highest BCUT2D eigenvalue weighted by Crippen LogP contribution is 1.99. The average molecular weight is 219 g/mol. The van der Waals surface area contributed by atoms with Gasteiger partial charge in [-0.1, -0.05) is 0 Å². The molecule has 0 bridgehead atoms. The highest BCUT2D eigenvalue weighted by Gasteiger charge is 2.19. The Balaban J connectivity index is 3.85. The highest BCUT2D eigenvalue weighted by molar-refractivity contribution is 5.72. The van der Waals surface area contributed by atoms with Crippen molar-refractivity contribution >= 4 is 5.97 Å². The summed E-state index contributed by atoms with van der Waals surface area (Å²) >= 11 is 0. The molecule has 0 fully saturated rings. The normalized spacial score (nSPS) is 15.7. The van der Waals surface area contributed by atoms with E-state index in [0.717, 1.165) is 0 Å². The number of carbonyl (C=O) groups is 1. The van der Waals surface area contributed by atoms with Crippen LogP contribution in [0.5, 0.6) is 0 Å². The molecule has 0 aromatic rings. The summed E-state index contributed by atoms with van der Waals surface area (Å²) in [6, 6.07) is -0.598. The number of nitrogens with zero attached hydrogens (tertiary/aromatic N) is 1. The molecule has 0 radical (unpaired) electrons. The van der Waals surface area contributed by atoms with Crippen LogP contribution in [0.15, 0.2) is 0 Å². The number of hydrogen-bond acceptors (Lipinski definition) is 4. The number of rotatable bonds is 7. The quantitative estimate of drug-likeness (QED) is 0.639. The van der Waals surface area contributed by atoms with Crippen LogP contribution in [0.4, 0.5) is 0 Å². The van der Waals surface area contributed by atoms with E-state index in [9.17, 15) is 9.90 Å². The molecule has 0 amide bonds. The molecule has 0 saturated carbocycles. The van der Waals surface area contributed by atoms with Crippen molar-refractivity contribution in [3.05, 3.63) is 0 Å². The van der Waals surface area contributed by atoms with E-state index in [0.29, 0.717) is 6.54 Å². The van der Waals surface area contributed by atoms with Gasteiger partial charge in [-0.3, -0.25) is 9.69 Å². The van der Waals surface area contributed by atoms with Crippen LogP contribution in [-0.4, -0.2) is 59.5 Å². The third-order valence-electron chi connectivity index (χ3n) is 2.14. The van der Waals surface area contributed by atoms with Gasteiger partial charge in [-0.2, -0.15) is 0 Å². The Morgan fingerprint density at radius 1 is 1.40 bits per heavy atom. The van der Waals surface area contributed by atoms with Crippen molar-refractivity contribution in [2.75, 3.05) is 20.2 Å². The zero-order chi connectivity index (χ0) is 12.0. The number of hydrogen-bond donors (Lipinski definition) is 2. The molecule has 0 aromatic carbocycles. The Morgan fingerprint density at radius 3 is 2.33 bits per heavy atom.